The number of benzene rings is 1. The Hall–Kier alpha value is -2.72. The standard InChI is InChI=1S/C19H20F3N3O4/c1-12-9-15(27)16(17(28)23-18(5-7-26)6-8-29-11-18)24-25(12)14-4-2-3-13(10-14)19(20,21)22/h2-4,9-10,26H,5-8,11H2,1H3,(H,23,28)/t18-/m1/s1. The van der Waals surface area contributed by atoms with Crippen LogP contribution in [0.5, 0.6) is 0 Å². The molecule has 156 valence electrons. The third-order valence-corrected chi connectivity index (χ3v) is 4.81. The van der Waals surface area contributed by atoms with Crippen LogP contribution >= 0.6 is 0 Å². The first-order chi connectivity index (χ1) is 13.6. The van der Waals surface area contributed by atoms with Gasteiger partial charge in [-0.1, -0.05) is 6.07 Å². The Bertz CT molecular complexity index is 966. The maximum absolute atomic E-state index is 13.0. The summed E-state index contributed by atoms with van der Waals surface area (Å²) in [4.78, 5) is 25.0. The summed E-state index contributed by atoms with van der Waals surface area (Å²) in [5.74, 6) is -0.769. The lowest BCUT2D eigenvalue weighted by molar-refractivity contribution is -0.137. The Labute approximate surface area is 164 Å². The number of ether oxygens (including phenoxy) is 1. The van der Waals surface area contributed by atoms with E-state index >= 15 is 0 Å². The highest BCUT2D eigenvalue weighted by atomic mass is 19.4. The van der Waals surface area contributed by atoms with Crippen LogP contribution in [-0.2, 0) is 10.9 Å². The highest BCUT2D eigenvalue weighted by Gasteiger charge is 2.37. The van der Waals surface area contributed by atoms with Gasteiger partial charge in [0.05, 0.1) is 23.4 Å². The number of nitrogens with zero attached hydrogens (tertiary/aromatic N) is 2. The molecule has 0 saturated carbocycles. The number of hydrogen-bond acceptors (Lipinski definition) is 5. The number of alkyl halides is 3. The van der Waals surface area contributed by atoms with Crippen molar-refractivity contribution in [3.05, 3.63) is 57.5 Å². The van der Waals surface area contributed by atoms with Crippen LogP contribution in [0, 0.1) is 6.92 Å². The van der Waals surface area contributed by atoms with Crippen molar-refractivity contribution in [2.75, 3.05) is 19.8 Å². The molecule has 2 aromatic rings. The lowest BCUT2D eigenvalue weighted by Gasteiger charge is -2.27. The first kappa shape index (κ1) is 21.0. The number of nitrogens with one attached hydrogen (secondary N) is 1. The molecule has 1 aliphatic heterocycles. The van der Waals surface area contributed by atoms with E-state index in [-0.39, 0.29) is 31.0 Å². The lowest BCUT2D eigenvalue weighted by Crippen LogP contribution is -2.51. The minimum absolute atomic E-state index is 0.0700. The number of aromatic nitrogens is 2. The number of halogens is 3. The molecule has 29 heavy (non-hydrogen) atoms. The summed E-state index contributed by atoms with van der Waals surface area (Å²) in [5.41, 5.74) is -2.43. The van der Waals surface area contributed by atoms with Gasteiger partial charge in [0.1, 0.15) is 0 Å². The number of aliphatic hydroxyl groups is 1. The van der Waals surface area contributed by atoms with Gasteiger partial charge in [-0.2, -0.15) is 18.3 Å². The Balaban J connectivity index is 1.98. The van der Waals surface area contributed by atoms with E-state index in [0.29, 0.717) is 13.0 Å². The minimum atomic E-state index is -4.54. The predicted molar refractivity (Wildman–Crippen MR) is 96.9 cm³/mol. The molecule has 2 N–H and O–H groups in total. The Kier molecular flexibility index (Phi) is 5.76. The number of rotatable bonds is 5. The van der Waals surface area contributed by atoms with E-state index in [1.165, 1.54) is 19.1 Å². The van der Waals surface area contributed by atoms with Crippen LogP contribution in [0.15, 0.2) is 35.1 Å². The Morgan fingerprint density at radius 1 is 1.38 bits per heavy atom. The monoisotopic (exact) mass is 411 g/mol. The first-order valence-electron chi connectivity index (χ1n) is 8.95. The molecule has 1 saturated heterocycles. The molecule has 0 radical (unpaired) electrons. The highest BCUT2D eigenvalue weighted by molar-refractivity contribution is 5.92. The number of amides is 1. The predicted octanol–water partition coefficient (Wildman–Crippen LogP) is 1.83. The van der Waals surface area contributed by atoms with Crippen molar-refractivity contribution in [3.8, 4) is 5.69 Å². The largest absolute Gasteiger partial charge is 0.416 e. The fraction of sp³-hybridized carbons (Fsp3) is 0.421. The molecule has 0 unspecified atom stereocenters. The van der Waals surface area contributed by atoms with Crippen LogP contribution in [-0.4, -0.2) is 46.2 Å². The normalized spacial score (nSPS) is 19.3. The van der Waals surface area contributed by atoms with Crippen molar-refractivity contribution < 1.29 is 27.8 Å². The summed E-state index contributed by atoms with van der Waals surface area (Å²) in [6, 6.07) is 5.59. The minimum Gasteiger partial charge on any atom is -0.396 e. The van der Waals surface area contributed by atoms with Crippen molar-refractivity contribution >= 4 is 5.91 Å². The number of carbonyl (C=O) groups is 1. The zero-order chi connectivity index (χ0) is 21.2. The molecule has 1 atom stereocenters. The van der Waals surface area contributed by atoms with Crippen LogP contribution in [0.25, 0.3) is 5.69 Å². The maximum atomic E-state index is 13.0. The molecule has 7 nitrogen and oxygen atoms in total. The third kappa shape index (κ3) is 4.48. The first-order valence-corrected chi connectivity index (χ1v) is 8.95. The van der Waals surface area contributed by atoms with Crippen molar-refractivity contribution in [3.63, 3.8) is 0 Å². The van der Waals surface area contributed by atoms with Crippen LogP contribution < -0.4 is 10.7 Å². The molecule has 0 spiro atoms. The van der Waals surface area contributed by atoms with E-state index in [2.05, 4.69) is 10.4 Å². The summed E-state index contributed by atoms with van der Waals surface area (Å²) >= 11 is 0. The second-order valence-electron chi connectivity index (χ2n) is 6.97. The van der Waals surface area contributed by atoms with Crippen LogP contribution in [0.2, 0.25) is 0 Å². The van der Waals surface area contributed by atoms with E-state index in [0.717, 1.165) is 22.9 Å². The summed E-state index contributed by atoms with van der Waals surface area (Å²) in [5, 5.41) is 16.0. The van der Waals surface area contributed by atoms with Crippen LogP contribution in [0.1, 0.15) is 34.6 Å². The van der Waals surface area contributed by atoms with Crippen molar-refractivity contribution in [2.24, 2.45) is 0 Å². The smallest absolute Gasteiger partial charge is 0.396 e. The molecular formula is C19H20F3N3O4. The number of carbonyl (C=O) groups excluding carboxylic acids is 1. The second kappa shape index (κ2) is 7.96. The van der Waals surface area contributed by atoms with E-state index in [1.54, 1.807) is 0 Å². The van der Waals surface area contributed by atoms with Crippen LogP contribution in [0.4, 0.5) is 13.2 Å². The molecule has 0 bridgehead atoms. The van der Waals surface area contributed by atoms with Crippen molar-refractivity contribution in [2.45, 2.75) is 31.5 Å². The van der Waals surface area contributed by atoms with Gasteiger partial charge in [-0.05, 0) is 38.0 Å². The highest BCUT2D eigenvalue weighted by Crippen LogP contribution is 2.30. The zero-order valence-corrected chi connectivity index (χ0v) is 15.6. The van der Waals surface area contributed by atoms with Crippen molar-refractivity contribution in [1.29, 1.82) is 0 Å². The fourth-order valence-corrected chi connectivity index (χ4v) is 3.26. The van der Waals surface area contributed by atoms with E-state index in [1.807, 2.05) is 0 Å². The molecule has 1 aromatic heterocycles. The van der Waals surface area contributed by atoms with Gasteiger partial charge in [0, 0.05) is 25.0 Å². The molecule has 1 amide bonds. The molecule has 2 heterocycles. The van der Waals surface area contributed by atoms with Gasteiger partial charge in [-0.25, -0.2) is 4.68 Å². The number of aliphatic hydroxyl groups excluding tert-OH is 1. The van der Waals surface area contributed by atoms with Gasteiger partial charge < -0.3 is 15.2 Å². The van der Waals surface area contributed by atoms with Gasteiger partial charge in [-0.3, -0.25) is 9.59 Å². The van der Waals surface area contributed by atoms with E-state index in [4.69, 9.17) is 4.74 Å². The Morgan fingerprint density at radius 3 is 2.76 bits per heavy atom. The van der Waals surface area contributed by atoms with Gasteiger partial charge in [0.2, 0.25) is 5.43 Å². The van der Waals surface area contributed by atoms with E-state index in [9.17, 15) is 27.9 Å². The second-order valence-corrected chi connectivity index (χ2v) is 6.97. The average molecular weight is 411 g/mol. The van der Waals surface area contributed by atoms with Gasteiger partial charge in [-0.15, -0.1) is 0 Å². The summed E-state index contributed by atoms with van der Waals surface area (Å²) in [7, 11) is 0. The lowest BCUT2D eigenvalue weighted by atomic mass is 9.94. The fourth-order valence-electron chi connectivity index (χ4n) is 3.26. The molecule has 1 fully saturated rings. The van der Waals surface area contributed by atoms with E-state index < -0.39 is 34.3 Å². The maximum Gasteiger partial charge on any atom is 0.416 e. The van der Waals surface area contributed by atoms with Gasteiger partial charge in [0.25, 0.3) is 5.91 Å². The SMILES string of the molecule is Cc1cc(=O)c(C(=O)N[C@]2(CCO)CCOC2)nn1-c1cccc(C(F)(F)F)c1. The Morgan fingerprint density at radius 2 is 2.14 bits per heavy atom. The molecule has 1 aliphatic rings. The van der Waals surface area contributed by atoms with Crippen LogP contribution in [0.3, 0.4) is 0 Å². The third-order valence-electron chi connectivity index (χ3n) is 4.81. The molecule has 1 aromatic carbocycles. The summed E-state index contributed by atoms with van der Waals surface area (Å²) in [6.45, 7) is 1.91. The number of aryl methyl sites for hydroxylation is 1. The molecule has 10 heteroatoms. The molecule has 0 aliphatic carbocycles. The molecular weight excluding hydrogens is 391 g/mol. The van der Waals surface area contributed by atoms with Gasteiger partial charge in [0.15, 0.2) is 5.69 Å². The van der Waals surface area contributed by atoms with Gasteiger partial charge >= 0.3 is 6.18 Å². The zero-order valence-electron chi connectivity index (χ0n) is 15.6. The van der Waals surface area contributed by atoms with Crippen molar-refractivity contribution in [1.82, 2.24) is 15.1 Å². The summed E-state index contributed by atoms with van der Waals surface area (Å²) in [6.07, 6.45) is -3.83. The average Bonchev–Trinajstić information content (AvgIpc) is 3.09. The molecule has 3 rings (SSSR count). The number of hydrogen-bond donors (Lipinski definition) is 2. The topological polar surface area (TPSA) is 93.5 Å². The summed E-state index contributed by atoms with van der Waals surface area (Å²) < 4.78 is 45.5. The quantitative estimate of drug-likeness (QED) is 0.783.